The molecule has 12 heteroatoms. The third kappa shape index (κ3) is 13.4. The molecular formula is C37H50N6O6. The number of likely N-dealkylation sites (tertiary alicyclic amines) is 1. The maximum Gasteiger partial charge on any atom is 0.407 e. The number of aromatic nitrogens is 2. The number of anilines is 2. The Kier molecular flexibility index (Phi) is 13.0. The molecule has 0 bridgehead atoms. The van der Waals surface area contributed by atoms with Gasteiger partial charge in [-0.25, -0.2) is 14.8 Å². The van der Waals surface area contributed by atoms with Crippen LogP contribution in [-0.4, -0.2) is 83.4 Å². The fourth-order valence-corrected chi connectivity index (χ4v) is 5.24. The zero-order chi connectivity index (χ0) is 35.4. The molecule has 1 aliphatic rings. The van der Waals surface area contributed by atoms with Gasteiger partial charge in [0.2, 0.25) is 5.95 Å². The van der Waals surface area contributed by atoms with Crippen LogP contribution >= 0.6 is 0 Å². The summed E-state index contributed by atoms with van der Waals surface area (Å²) < 4.78 is 16.5. The highest BCUT2D eigenvalue weighted by atomic mass is 16.6. The summed E-state index contributed by atoms with van der Waals surface area (Å²) in [7, 11) is 0. The van der Waals surface area contributed by atoms with Crippen molar-refractivity contribution in [3.8, 4) is 16.9 Å². The quantitative estimate of drug-likeness (QED) is 0.186. The van der Waals surface area contributed by atoms with Crippen molar-refractivity contribution in [2.24, 2.45) is 5.92 Å². The van der Waals surface area contributed by atoms with Crippen molar-refractivity contribution >= 4 is 29.6 Å². The van der Waals surface area contributed by atoms with Crippen LogP contribution in [0.25, 0.3) is 11.1 Å². The highest BCUT2D eigenvalue weighted by Crippen LogP contribution is 2.23. The summed E-state index contributed by atoms with van der Waals surface area (Å²) in [5.41, 5.74) is 1.84. The van der Waals surface area contributed by atoms with E-state index in [1.807, 2.05) is 57.2 Å². The number of amides is 2. The predicted molar refractivity (Wildman–Crippen MR) is 189 cm³/mol. The van der Waals surface area contributed by atoms with E-state index in [0.717, 1.165) is 61.5 Å². The molecule has 264 valence electrons. The van der Waals surface area contributed by atoms with Gasteiger partial charge in [0.15, 0.2) is 0 Å². The average Bonchev–Trinajstić information content (AvgIpc) is 3.04. The Morgan fingerprint density at radius 3 is 2.06 bits per heavy atom. The van der Waals surface area contributed by atoms with E-state index in [-0.39, 0.29) is 18.5 Å². The lowest BCUT2D eigenvalue weighted by molar-refractivity contribution is -0.153. The van der Waals surface area contributed by atoms with Crippen LogP contribution in [0, 0.1) is 5.92 Å². The van der Waals surface area contributed by atoms with Crippen LogP contribution in [0.2, 0.25) is 0 Å². The van der Waals surface area contributed by atoms with Gasteiger partial charge in [0.05, 0.1) is 0 Å². The van der Waals surface area contributed by atoms with Crippen LogP contribution in [0.3, 0.4) is 0 Å². The Morgan fingerprint density at radius 1 is 0.816 bits per heavy atom. The number of benzene rings is 2. The van der Waals surface area contributed by atoms with Crippen LogP contribution in [-0.2, 0) is 14.3 Å². The zero-order valence-electron chi connectivity index (χ0n) is 29.5. The Hall–Kier alpha value is -4.71. The average molecular weight is 675 g/mol. The molecule has 1 fully saturated rings. The molecule has 2 heterocycles. The summed E-state index contributed by atoms with van der Waals surface area (Å²) in [6.07, 6.45) is 6.28. The number of hydrogen-bond acceptors (Lipinski definition) is 10. The van der Waals surface area contributed by atoms with E-state index in [4.69, 9.17) is 14.2 Å². The standard InChI is InChI=1S/C37H50N6O6/c1-36(2,3)48-32(44)25-39-33(45)28-9-7-27(8-10-28)29-23-40-34(41-24-29)42-30-11-13-31(14-12-30)47-22-21-43-19-16-26(17-20-43)15-18-38-35(46)49-37(4,5)6/h7-14,23-24,26H,15-22,25H2,1-6H3,(H,38,46)(H,39,45)(H,40,41,42). The molecule has 2 aromatic carbocycles. The van der Waals surface area contributed by atoms with Crippen LogP contribution in [0.1, 0.15) is 71.2 Å². The number of piperidine rings is 1. The molecule has 0 unspecified atom stereocenters. The van der Waals surface area contributed by atoms with Crippen LogP contribution in [0.4, 0.5) is 16.4 Å². The van der Waals surface area contributed by atoms with E-state index in [1.54, 1.807) is 45.3 Å². The summed E-state index contributed by atoms with van der Waals surface area (Å²) in [4.78, 5) is 47.4. The van der Waals surface area contributed by atoms with Gasteiger partial charge >= 0.3 is 12.1 Å². The second-order valence-electron chi connectivity index (χ2n) is 14.1. The van der Waals surface area contributed by atoms with E-state index in [2.05, 4.69) is 30.8 Å². The lowest BCUT2D eigenvalue weighted by Gasteiger charge is -2.32. The SMILES string of the molecule is CC(C)(C)OC(=O)CNC(=O)c1ccc(-c2cnc(Nc3ccc(OCCN4CCC(CCNC(=O)OC(C)(C)C)CC4)cc3)nc2)cc1. The number of carbonyl (C=O) groups excluding carboxylic acids is 3. The number of rotatable bonds is 13. The number of nitrogens with zero attached hydrogens (tertiary/aromatic N) is 3. The Bertz CT molecular complexity index is 1510. The van der Waals surface area contributed by atoms with E-state index in [1.165, 1.54) is 0 Å². The number of carbonyl (C=O) groups is 3. The minimum atomic E-state index is -0.608. The number of alkyl carbamates (subject to hydrolysis) is 1. The Labute approximate surface area is 289 Å². The van der Waals surface area contributed by atoms with Gasteiger partial charge in [0.25, 0.3) is 5.91 Å². The first-order valence-corrected chi connectivity index (χ1v) is 16.8. The molecule has 0 saturated carbocycles. The summed E-state index contributed by atoms with van der Waals surface area (Å²) in [5.74, 6) is 1.02. The largest absolute Gasteiger partial charge is 0.492 e. The second-order valence-corrected chi connectivity index (χ2v) is 14.1. The maximum atomic E-state index is 12.4. The molecule has 3 N–H and O–H groups in total. The van der Waals surface area contributed by atoms with Crippen LogP contribution < -0.4 is 20.7 Å². The van der Waals surface area contributed by atoms with E-state index < -0.39 is 17.2 Å². The van der Waals surface area contributed by atoms with Crippen molar-refractivity contribution in [3.05, 3.63) is 66.5 Å². The highest BCUT2D eigenvalue weighted by molar-refractivity contribution is 5.96. The topological polar surface area (TPSA) is 144 Å². The first-order valence-electron chi connectivity index (χ1n) is 16.8. The van der Waals surface area contributed by atoms with Crippen molar-refractivity contribution in [1.82, 2.24) is 25.5 Å². The minimum Gasteiger partial charge on any atom is -0.492 e. The molecule has 3 aromatic rings. The number of ether oxygens (including phenoxy) is 3. The molecule has 0 aliphatic carbocycles. The summed E-state index contributed by atoms with van der Waals surface area (Å²) in [5, 5.41) is 8.65. The lowest BCUT2D eigenvalue weighted by atomic mass is 9.93. The zero-order valence-corrected chi connectivity index (χ0v) is 29.5. The normalized spacial score (nSPS) is 14.1. The molecule has 1 aromatic heterocycles. The third-order valence-electron chi connectivity index (χ3n) is 7.66. The van der Waals surface area contributed by atoms with Crippen molar-refractivity contribution in [2.45, 2.75) is 72.0 Å². The second kappa shape index (κ2) is 17.1. The van der Waals surface area contributed by atoms with Crippen molar-refractivity contribution in [2.75, 3.05) is 44.6 Å². The molecular weight excluding hydrogens is 624 g/mol. The van der Waals surface area contributed by atoms with Gasteiger partial charge in [-0.1, -0.05) is 12.1 Å². The van der Waals surface area contributed by atoms with Gasteiger partial charge in [-0.15, -0.1) is 0 Å². The maximum absolute atomic E-state index is 12.4. The van der Waals surface area contributed by atoms with Gasteiger partial charge in [-0.3, -0.25) is 14.5 Å². The van der Waals surface area contributed by atoms with Gasteiger partial charge in [-0.2, -0.15) is 0 Å². The highest BCUT2D eigenvalue weighted by Gasteiger charge is 2.21. The van der Waals surface area contributed by atoms with Gasteiger partial charge in [0.1, 0.15) is 30.1 Å². The molecule has 1 saturated heterocycles. The number of hydrogen-bond donors (Lipinski definition) is 3. The first kappa shape index (κ1) is 37.1. The third-order valence-corrected chi connectivity index (χ3v) is 7.66. The minimum absolute atomic E-state index is 0.198. The molecule has 4 rings (SSSR count). The molecule has 0 atom stereocenters. The van der Waals surface area contributed by atoms with Crippen molar-refractivity contribution < 1.29 is 28.6 Å². The Morgan fingerprint density at radius 2 is 1.45 bits per heavy atom. The predicted octanol–water partition coefficient (Wildman–Crippen LogP) is 5.96. The van der Waals surface area contributed by atoms with Gasteiger partial charge in [0, 0.05) is 42.3 Å². The monoisotopic (exact) mass is 674 g/mol. The molecule has 2 amide bonds. The summed E-state index contributed by atoms with van der Waals surface area (Å²) in [6, 6.07) is 14.7. The van der Waals surface area contributed by atoms with Crippen molar-refractivity contribution in [1.29, 1.82) is 0 Å². The van der Waals surface area contributed by atoms with E-state index >= 15 is 0 Å². The van der Waals surface area contributed by atoms with E-state index in [0.29, 0.717) is 30.6 Å². The number of esters is 1. The summed E-state index contributed by atoms with van der Waals surface area (Å²) in [6.45, 7) is 14.9. The molecule has 0 spiro atoms. The summed E-state index contributed by atoms with van der Waals surface area (Å²) >= 11 is 0. The first-order chi connectivity index (χ1) is 23.2. The van der Waals surface area contributed by atoms with Gasteiger partial charge < -0.3 is 30.2 Å². The fraction of sp³-hybridized carbons (Fsp3) is 0.486. The van der Waals surface area contributed by atoms with Crippen LogP contribution in [0.5, 0.6) is 5.75 Å². The Balaban J connectivity index is 1.13. The molecule has 12 nitrogen and oxygen atoms in total. The number of nitrogens with one attached hydrogen (secondary N) is 3. The molecule has 49 heavy (non-hydrogen) atoms. The fourth-order valence-electron chi connectivity index (χ4n) is 5.24. The molecule has 0 radical (unpaired) electrons. The van der Waals surface area contributed by atoms with Crippen LogP contribution in [0.15, 0.2) is 60.9 Å². The van der Waals surface area contributed by atoms with Gasteiger partial charge in [-0.05, 0) is 122 Å². The lowest BCUT2D eigenvalue weighted by Crippen LogP contribution is -2.38. The molecule has 1 aliphatic heterocycles. The smallest absolute Gasteiger partial charge is 0.407 e. The van der Waals surface area contributed by atoms with E-state index in [9.17, 15) is 14.4 Å². The van der Waals surface area contributed by atoms with Crippen molar-refractivity contribution in [3.63, 3.8) is 0 Å².